The maximum absolute atomic E-state index is 2.92. The Hall–Kier alpha value is -0.440. The van der Waals surface area contributed by atoms with E-state index in [1.807, 2.05) is 0 Å². The summed E-state index contributed by atoms with van der Waals surface area (Å²) in [6, 6.07) is 0. The zero-order chi connectivity index (χ0) is 3.91. The van der Waals surface area contributed by atoms with Gasteiger partial charge in [-0.1, -0.05) is 11.8 Å². The van der Waals surface area contributed by atoms with Crippen molar-refractivity contribution in [2.24, 2.45) is 5.41 Å². The van der Waals surface area contributed by atoms with Crippen molar-refractivity contribution >= 4 is 0 Å². The summed E-state index contributed by atoms with van der Waals surface area (Å²) in [7, 11) is 0. The highest BCUT2D eigenvalue weighted by Crippen LogP contribution is 2.20. The van der Waals surface area contributed by atoms with E-state index in [9.17, 15) is 0 Å². The fourth-order valence-electron chi connectivity index (χ4n) is 0.125. The second-order valence-corrected chi connectivity index (χ2v) is 1.88. The van der Waals surface area contributed by atoms with Crippen LogP contribution in [0.5, 0.6) is 0 Å². The molecule has 0 spiro atoms. The van der Waals surface area contributed by atoms with Crippen LogP contribution in [0.15, 0.2) is 0 Å². The molecule has 0 fully saturated rings. The Bertz CT molecular complexity index is 88.9. The van der Waals surface area contributed by atoms with Gasteiger partial charge < -0.3 is 0 Å². The molecule has 5 heavy (non-hydrogen) atoms. The van der Waals surface area contributed by atoms with Crippen molar-refractivity contribution in [1.82, 2.24) is 0 Å². The van der Waals surface area contributed by atoms with Crippen LogP contribution in [0.3, 0.4) is 0 Å². The topological polar surface area (TPSA) is 0 Å². The molecular weight excluding hydrogens is 60.1 g/mol. The summed E-state index contributed by atoms with van der Waals surface area (Å²) >= 11 is 0. The van der Waals surface area contributed by atoms with Gasteiger partial charge in [-0.25, -0.2) is 0 Å². The van der Waals surface area contributed by atoms with E-state index < -0.39 is 0 Å². The third kappa shape index (κ3) is 0.417. The molecule has 0 aromatic carbocycles. The first-order valence-corrected chi connectivity index (χ1v) is 1.75. The summed E-state index contributed by atoms with van der Waals surface area (Å²) in [5, 5.41) is 0. The number of hydrogen-bond acceptors (Lipinski definition) is 0. The van der Waals surface area contributed by atoms with Gasteiger partial charge in [-0.3, -0.25) is 0 Å². The Labute approximate surface area is 32.2 Å². The molecule has 0 saturated carbocycles. The summed E-state index contributed by atoms with van der Waals surface area (Å²) in [6.45, 7) is 4.15. The quantitative estimate of drug-likeness (QED) is 0.370. The van der Waals surface area contributed by atoms with Gasteiger partial charge in [0.1, 0.15) is 0 Å². The predicted molar refractivity (Wildman–Crippen MR) is 21.6 cm³/mol. The lowest BCUT2D eigenvalue weighted by Gasteiger charge is -1.86. The molecule has 0 amide bonds. The van der Waals surface area contributed by atoms with E-state index in [2.05, 4.69) is 25.7 Å². The van der Waals surface area contributed by atoms with Crippen LogP contribution in [0.2, 0.25) is 0 Å². The molecule has 1 aliphatic rings. The Balaban J connectivity index is 2.50. The molecule has 1 aliphatic carbocycles. The summed E-state index contributed by atoms with van der Waals surface area (Å²) in [5.74, 6) is 5.85. The fraction of sp³-hybridized carbons (Fsp3) is 0.600. The first kappa shape index (κ1) is 2.78. The predicted octanol–water partition coefficient (Wildman–Crippen LogP) is 1.03. The molecule has 0 heterocycles. The third-order valence-electron chi connectivity index (χ3n) is 0.625. The fourth-order valence-corrected chi connectivity index (χ4v) is 0.125. The first-order valence-electron chi connectivity index (χ1n) is 1.75. The lowest BCUT2D eigenvalue weighted by Crippen LogP contribution is -1.84. The van der Waals surface area contributed by atoms with Crippen LogP contribution in [0.4, 0.5) is 0 Å². The van der Waals surface area contributed by atoms with Gasteiger partial charge >= 0.3 is 0 Å². The number of rotatable bonds is 0. The Morgan fingerprint density at radius 1 is 1.20 bits per heavy atom. The molecular formula is C5H6. The summed E-state index contributed by atoms with van der Waals surface area (Å²) < 4.78 is 0. The van der Waals surface area contributed by atoms with Crippen LogP contribution in [0.1, 0.15) is 13.8 Å². The van der Waals surface area contributed by atoms with Crippen molar-refractivity contribution < 1.29 is 0 Å². The SMILES string of the molecule is CC1(C)C#C1. The van der Waals surface area contributed by atoms with Crippen molar-refractivity contribution in [2.45, 2.75) is 13.8 Å². The van der Waals surface area contributed by atoms with Crippen LogP contribution < -0.4 is 0 Å². The van der Waals surface area contributed by atoms with Crippen molar-refractivity contribution in [2.75, 3.05) is 0 Å². The van der Waals surface area contributed by atoms with Crippen LogP contribution in [0.25, 0.3) is 0 Å². The first-order chi connectivity index (χ1) is 2.21. The van der Waals surface area contributed by atoms with Crippen molar-refractivity contribution in [3.63, 3.8) is 0 Å². The molecule has 0 aliphatic heterocycles. The Morgan fingerprint density at radius 3 is 1.40 bits per heavy atom. The monoisotopic (exact) mass is 66.0 g/mol. The van der Waals surface area contributed by atoms with Gasteiger partial charge in [0.2, 0.25) is 0 Å². The second kappa shape index (κ2) is 0.408. The van der Waals surface area contributed by atoms with Crippen LogP contribution in [-0.2, 0) is 0 Å². The minimum atomic E-state index is 0.250. The molecule has 0 bridgehead atoms. The Morgan fingerprint density at radius 2 is 1.40 bits per heavy atom. The average molecular weight is 66.1 g/mol. The molecule has 0 atom stereocenters. The van der Waals surface area contributed by atoms with Crippen LogP contribution in [0, 0.1) is 17.3 Å². The standard InChI is InChI=1S/C5H6/c1-5(2)3-4-5/h1-2H3. The summed E-state index contributed by atoms with van der Waals surface area (Å²) in [4.78, 5) is 0. The van der Waals surface area contributed by atoms with Gasteiger partial charge in [-0.05, 0) is 13.8 Å². The van der Waals surface area contributed by atoms with Crippen molar-refractivity contribution in [3.05, 3.63) is 0 Å². The highest BCUT2D eigenvalue weighted by Gasteiger charge is 2.18. The van der Waals surface area contributed by atoms with E-state index in [-0.39, 0.29) is 5.41 Å². The molecule has 1 rings (SSSR count). The van der Waals surface area contributed by atoms with Crippen molar-refractivity contribution in [1.29, 1.82) is 0 Å². The largest absolute Gasteiger partial charge is 0.0863 e. The summed E-state index contributed by atoms with van der Waals surface area (Å²) in [6.07, 6.45) is 0. The molecule has 0 heteroatoms. The van der Waals surface area contributed by atoms with E-state index in [4.69, 9.17) is 0 Å². The molecule has 0 nitrogen and oxygen atoms in total. The van der Waals surface area contributed by atoms with E-state index in [1.54, 1.807) is 0 Å². The smallest absolute Gasteiger partial charge is 0.0824 e. The lowest BCUT2D eigenvalue weighted by atomic mass is 10.1. The minimum Gasteiger partial charge on any atom is -0.0824 e. The van der Waals surface area contributed by atoms with Gasteiger partial charge in [0.05, 0.1) is 5.41 Å². The maximum atomic E-state index is 2.92. The van der Waals surface area contributed by atoms with E-state index >= 15 is 0 Å². The molecule has 0 aromatic heterocycles. The van der Waals surface area contributed by atoms with E-state index in [1.165, 1.54) is 0 Å². The van der Waals surface area contributed by atoms with Crippen LogP contribution >= 0.6 is 0 Å². The second-order valence-electron chi connectivity index (χ2n) is 1.88. The van der Waals surface area contributed by atoms with Gasteiger partial charge in [0.15, 0.2) is 0 Å². The number of hydrogen-bond donors (Lipinski definition) is 0. The highest BCUT2D eigenvalue weighted by atomic mass is 14.2. The van der Waals surface area contributed by atoms with Crippen LogP contribution in [-0.4, -0.2) is 0 Å². The molecule has 0 radical (unpaired) electrons. The molecule has 0 N–H and O–H groups in total. The molecule has 0 saturated heterocycles. The minimum absolute atomic E-state index is 0.250. The van der Waals surface area contributed by atoms with Gasteiger partial charge in [0, 0.05) is 0 Å². The molecule has 0 unspecified atom stereocenters. The maximum Gasteiger partial charge on any atom is 0.0863 e. The van der Waals surface area contributed by atoms with E-state index in [0.29, 0.717) is 0 Å². The van der Waals surface area contributed by atoms with Crippen molar-refractivity contribution in [3.8, 4) is 11.8 Å². The van der Waals surface area contributed by atoms with E-state index in [0.717, 1.165) is 0 Å². The zero-order valence-corrected chi connectivity index (χ0v) is 3.50. The van der Waals surface area contributed by atoms with Gasteiger partial charge in [-0.15, -0.1) is 0 Å². The Kier molecular flexibility index (Phi) is 0.227. The normalized spacial score (nSPS) is 23.6. The molecule has 26 valence electrons. The van der Waals surface area contributed by atoms with Gasteiger partial charge in [-0.2, -0.15) is 0 Å². The van der Waals surface area contributed by atoms with Gasteiger partial charge in [0.25, 0.3) is 0 Å². The molecule has 0 aromatic rings. The zero-order valence-electron chi connectivity index (χ0n) is 3.50. The lowest BCUT2D eigenvalue weighted by molar-refractivity contribution is 0.753. The summed E-state index contributed by atoms with van der Waals surface area (Å²) in [5.41, 5.74) is 0.250. The average Bonchev–Trinajstić information content (AvgIpc) is 1.76. The third-order valence-corrected chi connectivity index (χ3v) is 0.625. The highest BCUT2D eigenvalue weighted by molar-refractivity contribution is 5.36.